The van der Waals surface area contributed by atoms with Gasteiger partial charge in [0.15, 0.2) is 23.0 Å². The number of hydrogen-bond acceptors (Lipinski definition) is 6. The molecule has 3 aliphatic rings. The van der Waals surface area contributed by atoms with E-state index in [1.807, 2.05) is 6.07 Å². The van der Waals surface area contributed by atoms with Crippen LogP contribution in [0, 0.1) is 0 Å². The lowest BCUT2D eigenvalue weighted by molar-refractivity contribution is -0.0693. The molecule has 0 saturated carbocycles. The van der Waals surface area contributed by atoms with Crippen molar-refractivity contribution >= 4 is 6.09 Å². The van der Waals surface area contributed by atoms with Gasteiger partial charge in [-0.1, -0.05) is 6.07 Å². The van der Waals surface area contributed by atoms with Gasteiger partial charge in [0.05, 0.1) is 12.1 Å². The minimum atomic E-state index is -3.26. The number of amides is 1. The zero-order valence-electron chi connectivity index (χ0n) is 16.4. The molecule has 2 aromatic carbocycles. The smallest absolute Gasteiger partial charge is 0.411 e. The maximum absolute atomic E-state index is 12.9. The number of nitrogens with zero attached hydrogens (tertiary/aromatic N) is 1. The zero-order chi connectivity index (χ0) is 22.4. The summed E-state index contributed by atoms with van der Waals surface area (Å²) >= 11 is 0. The van der Waals surface area contributed by atoms with E-state index in [1.165, 1.54) is 17.0 Å². The van der Waals surface area contributed by atoms with Gasteiger partial charge < -0.3 is 23.7 Å². The van der Waals surface area contributed by atoms with Gasteiger partial charge in [0.25, 0.3) is 0 Å². The number of cyclic esters (lactones) is 1. The second-order valence-corrected chi connectivity index (χ2v) is 7.40. The Morgan fingerprint density at radius 2 is 1.59 bits per heavy atom. The van der Waals surface area contributed by atoms with Gasteiger partial charge in [-0.2, -0.15) is 17.6 Å². The highest BCUT2D eigenvalue weighted by Gasteiger charge is 2.45. The maximum atomic E-state index is 12.9. The zero-order valence-corrected chi connectivity index (χ0v) is 16.4. The van der Waals surface area contributed by atoms with Crippen molar-refractivity contribution in [1.82, 2.24) is 4.90 Å². The summed E-state index contributed by atoms with van der Waals surface area (Å²) in [6.45, 7) is -5.55. The van der Waals surface area contributed by atoms with Gasteiger partial charge in [-0.05, 0) is 47.4 Å². The Balaban J connectivity index is 1.63. The first-order chi connectivity index (χ1) is 15.4. The van der Waals surface area contributed by atoms with E-state index in [1.54, 1.807) is 6.07 Å². The fourth-order valence-electron chi connectivity index (χ4n) is 4.34. The predicted molar refractivity (Wildman–Crippen MR) is 99.7 cm³/mol. The molecule has 1 amide bonds. The number of halogens is 4. The maximum Gasteiger partial charge on any atom is 0.411 e. The largest absolute Gasteiger partial charge is 0.486 e. The third kappa shape index (κ3) is 3.61. The van der Waals surface area contributed by atoms with Gasteiger partial charge >= 0.3 is 19.3 Å². The predicted octanol–water partition coefficient (Wildman–Crippen LogP) is 4.13. The number of carbonyl (C=O) groups is 1. The van der Waals surface area contributed by atoms with Crippen LogP contribution < -0.4 is 18.9 Å². The third-order valence-corrected chi connectivity index (χ3v) is 5.55. The lowest BCUT2D eigenvalue weighted by atomic mass is 9.85. The summed E-state index contributed by atoms with van der Waals surface area (Å²) in [4.78, 5) is 14.0. The molecule has 3 heterocycles. The Bertz CT molecular complexity index is 1050. The molecule has 3 aliphatic heterocycles. The molecule has 0 aliphatic carbocycles. The molecule has 7 nitrogen and oxygen atoms in total. The second kappa shape index (κ2) is 7.95. The summed E-state index contributed by atoms with van der Waals surface area (Å²) in [5.74, 6) is -0.0306. The molecule has 0 spiro atoms. The van der Waals surface area contributed by atoms with Crippen molar-refractivity contribution in [3.63, 3.8) is 0 Å². The van der Waals surface area contributed by atoms with Gasteiger partial charge in [-0.25, -0.2) is 4.79 Å². The van der Waals surface area contributed by atoms with E-state index in [0.717, 1.165) is 11.6 Å². The van der Waals surface area contributed by atoms with E-state index in [4.69, 9.17) is 14.2 Å². The first-order valence-electron chi connectivity index (χ1n) is 9.82. The summed E-state index contributed by atoms with van der Waals surface area (Å²) in [6, 6.07) is 6.25. The van der Waals surface area contributed by atoms with E-state index in [0.29, 0.717) is 42.3 Å². The van der Waals surface area contributed by atoms with Crippen LogP contribution in [0.4, 0.5) is 22.4 Å². The average Bonchev–Trinajstić information content (AvgIpc) is 3.11. The number of rotatable bonds is 5. The van der Waals surface area contributed by atoms with E-state index < -0.39 is 36.9 Å². The molecule has 0 aromatic heterocycles. The quantitative estimate of drug-likeness (QED) is 0.632. The number of carbonyl (C=O) groups excluding carboxylic acids is 1. The molecule has 32 heavy (non-hydrogen) atoms. The Kier molecular flexibility index (Phi) is 5.10. The number of benzene rings is 2. The van der Waals surface area contributed by atoms with Crippen LogP contribution in [-0.2, 0) is 11.2 Å². The molecule has 5 rings (SSSR count). The molecule has 0 radical (unpaired) electrons. The fourth-order valence-corrected chi connectivity index (χ4v) is 4.34. The standard InChI is InChI=1S/C21H17F4NO6/c22-19(23)31-14-2-1-10(6-17(14)32-20(24)25)18-13-8-16-15(28-3-4-29-16)7-11(13)5-12-9-30-21(27)26(12)18/h1-2,6-8,12,18-20H,3-5,9H2/t12-,18+/m0/s1. The first kappa shape index (κ1) is 20.5. The number of alkyl halides is 4. The molecule has 0 unspecified atom stereocenters. The second-order valence-electron chi connectivity index (χ2n) is 7.40. The van der Waals surface area contributed by atoms with Gasteiger partial charge in [-0.15, -0.1) is 0 Å². The average molecular weight is 455 g/mol. The van der Waals surface area contributed by atoms with Crippen LogP contribution in [0.2, 0.25) is 0 Å². The summed E-state index contributed by atoms with van der Waals surface area (Å²) in [6.07, 6.45) is -0.0639. The summed E-state index contributed by atoms with van der Waals surface area (Å²) in [7, 11) is 0. The number of ether oxygens (including phenoxy) is 5. The number of hydrogen-bond donors (Lipinski definition) is 0. The van der Waals surface area contributed by atoms with Crippen LogP contribution in [0.1, 0.15) is 22.7 Å². The van der Waals surface area contributed by atoms with E-state index in [9.17, 15) is 22.4 Å². The van der Waals surface area contributed by atoms with Crippen molar-refractivity contribution in [1.29, 1.82) is 0 Å². The van der Waals surface area contributed by atoms with Crippen molar-refractivity contribution in [3.05, 3.63) is 47.0 Å². The first-order valence-corrected chi connectivity index (χ1v) is 9.82. The molecular weight excluding hydrogens is 438 g/mol. The summed E-state index contributed by atoms with van der Waals surface area (Å²) in [5.41, 5.74) is 1.93. The van der Waals surface area contributed by atoms with Crippen LogP contribution in [0.15, 0.2) is 30.3 Å². The van der Waals surface area contributed by atoms with Crippen molar-refractivity contribution in [2.24, 2.45) is 0 Å². The van der Waals surface area contributed by atoms with Gasteiger partial charge in [0, 0.05) is 0 Å². The van der Waals surface area contributed by atoms with E-state index in [-0.39, 0.29) is 12.6 Å². The molecular formula is C21H17F4NO6. The number of fused-ring (bicyclic) bond motifs is 3. The summed E-state index contributed by atoms with van der Waals surface area (Å²) < 4.78 is 76.6. The normalized spacial score (nSPS) is 21.3. The van der Waals surface area contributed by atoms with Crippen molar-refractivity contribution in [2.75, 3.05) is 19.8 Å². The Morgan fingerprint density at radius 3 is 2.31 bits per heavy atom. The van der Waals surface area contributed by atoms with Crippen molar-refractivity contribution < 1.29 is 46.0 Å². The molecule has 2 atom stereocenters. The van der Waals surface area contributed by atoms with Crippen LogP contribution in [0.25, 0.3) is 0 Å². The molecule has 170 valence electrons. The summed E-state index contributed by atoms with van der Waals surface area (Å²) in [5, 5.41) is 0. The van der Waals surface area contributed by atoms with Crippen molar-refractivity contribution in [3.8, 4) is 23.0 Å². The molecule has 0 N–H and O–H groups in total. The van der Waals surface area contributed by atoms with Gasteiger partial charge in [-0.3, -0.25) is 4.90 Å². The van der Waals surface area contributed by atoms with Crippen LogP contribution in [0.3, 0.4) is 0 Å². The lowest BCUT2D eigenvalue weighted by Gasteiger charge is -2.38. The van der Waals surface area contributed by atoms with E-state index >= 15 is 0 Å². The Morgan fingerprint density at radius 1 is 0.906 bits per heavy atom. The molecule has 11 heteroatoms. The highest BCUT2D eigenvalue weighted by molar-refractivity contribution is 5.73. The highest BCUT2D eigenvalue weighted by atomic mass is 19.3. The molecule has 2 aromatic rings. The minimum Gasteiger partial charge on any atom is -0.486 e. The minimum absolute atomic E-state index is 0.163. The monoisotopic (exact) mass is 455 g/mol. The molecule has 1 fully saturated rings. The topological polar surface area (TPSA) is 66.5 Å². The molecule has 0 bridgehead atoms. The third-order valence-electron chi connectivity index (χ3n) is 5.55. The van der Waals surface area contributed by atoms with Crippen LogP contribution in [0.5, 0.6) is 23.0 Å². The fraction of sp³-hybridized carbons (Fsp3) is 0.381. The lowest BCUT2D eigenvalue weighted by Crippen LogP contribution is -2.43. The Labute approximate surface area is 179 Å². The van der Waals surface area contributed by atoms with Crippen LogP contribution >= 0.6 is 0 Å². The van der Waals surface area contributed by atoms with Gasteiger partial charge in [0.1, 0.15) is 19.8 Å². The van der Waals surface area contributed by atoms with Crippen LogP contribution in [-0.4, -0.2) is 50.1 Å². The van der Waals surface area contributed by atoms with Crippen molar-refractivity contribution in [2.45, 2.75) is 31.7 Å². The van der Waals surface area contributed by atoms with Gasteiger partial charge in [0.2, 0.25) is 0 Å². The molecule has 1 saturated heterocycles. The SMILES string of the molecule is O=C1OC[C@@H]2Cc3cc4c(cc3[C@@H](c3ccc(OC(F)F)c(OC(F)F)c3)N12)OCCO4. The highest BCUT2D eigenvalue weighted by Crippen LogP contribution is 2.46. The Hall–Kier alpha value is -3.37. The van der Waals surface area contributed by atoms with E-state index in [2.05, 4.69) is 9.47 Å².